The monoisotopic (exact) mass is 426 g/mol. The van der Waals surface area contributed by atoms with Crippen molar-refractivity contribution in [1.29, 1.82) is 0 Å². The van der Waals surface area contributed by atoms with E-state index in [0.29, 0.717) is 13.2 Å². The molecule has 3 nitrogen and oxygen atoms in total. The molecule has 0 aliphatic rings. The summed E-state index contributed by atoms with van der Waals surface area (Å²) in [5.41, 5.74) is 0. The lowest BCUT2D eigenvalue weighted by atomic mass is 10.0. The van der Waals surface area contributed by atoms with E-state index >= 15 is 0 Å². The van der Waals surface area contributed by atoms with Crippen molar-refractivity contribution in [3.63, 3.8) is 0 Å². The summed E-state index contributed by atoms with van der Waals surface area (Å²) in [6, 6.07) is 0. The van der Waals surface area contributed by atoms with Crippen LogP contribution >= 0.6 is 0 Å². The first-order valence-corrected chi connectivity index (χ1v) is 13.5. The number of ether oxygens (including phenoxy) is 1. The zero-order chi connectivity index (χ0) is 22.3. The predicted molar refractivity (Wildman–Crippen MR) is 132 cm³/mol. The fourth-order valence-electron chi connectivity index (χ4n) is 4.13. The van der Waals surface area contributed by atoms with E-state index in [1.165, 1.54) is 116 Å². The zero-order valence-electron chi connectivity index (χ0n) is 21.3. The smallest absolute Gasteiger partial charge is 0.361 e. The van der Waals surface area contributed by atoms with Crippen LogP contribution < -0.4 is 0 Å². The number of likely N-dealkylation sites (N-methyl/N-ethyl adjacent to an activating group) is 1. The number of quaternary nitrogens is 1. The number of unbranched alkanes of at least 4 members (excludes halogenated alkanes) is 17. The van der Waals surface area contributed by atoms with Crippen molar-refractivity contribution in [2.75, 3.05) is 33.8 Å². The molecule has 30 heavy (non-hydrogen) atoms. The highest BCUT2D eigenvalue weighted by Gasteiger charge is 2.20. The Morgan fingerprint density at radius 1 is 0.567 bits per heavy atom. The Balaban J connectivity index is 3.28. The Hall–Kier alpha value is -0.570. The van der Waals surface area contributed by atoms with Gasteiger partial charge in [0.25, 0.3) is 0 Å². The minimum Gasteiger partial charge on any atom is -0.462 e. The minimum absolute atomic E-state index is 0.0516. The molecule has 0 saturated carbocycles. The van der Waals surface area contributed by atoms with Gasteiger partial charge in [-0.15, -0.1) is 0 Å². The van der Waals surface area contributed by atoms with E-state index in [1.807, 2.05) is 6.92 Å². The van der Waals surface area contributed by atoms with Crippen LogP contribution in [0.25, 0.3) is 0 Å². The highest BCUT2D eigenvalue weighted by Crippen LogP contribution is 2.14. The summed E-state index contributed by atoms with van der Waals surface area (Å²) in [7, 11) is 4.28. The molecule has 0 saturated heterocycles. The van der Waals surface area contributed by atoms with Gasteiger partial charge in [0.1, 0.15) is 0 Å². The van der Waals surface area contributed by atoms with Gasteiger partial charge in [-0.1, -0.05) is 117 Å². The number of hydrogen-bond donors (Lipinski definition) is 0. The van der Waals surface area contributed by atoms with Gasteiger partial charge in [-0.2, -0.15) is 0 Å². The van der Waals surface area contributed by atoms with Crippen LogP contribution in [0.15, 0.2) is 0 Å². The molecule has 0 aliphatic heterocycles. The van der Waals surface area contributed by atoms with Gasteiger partial charge >= 0.3 is 5.97 Å². The van der Waals surface area contributed by atoms with E-state index in [-0.39, 0.29) is 5.97 Å². The van der Waals surface area contributed by atoms with Crippen LogP contribution in [0.2, 0.25) is 0 Å². The second-order valence-corrected chi connectivity index (χ2v) is 10.0. The normalized spacial score (nSPS) is 11.7. The molecule has 0 aromatic carbocycles. The van der Waals surface area contributed by atoms with Crippen molar-refractivity contribution in [3.8, 4) is 0 Å². The first-order valence-electron chi connectivity index (χ1n) is 13.5. The zero-order valence-corrected chi connectivity index (χ0v) is 21.3. The van der Waals surface area contributed by atoms with E-state index in [0.717, 1.165) is 17.4 Å². The second-order valence-electron chi connectivity index (χ2n) is 10.0. The Bertz CT molecular complexity index is 368. The SMILES string of the molecule is CCCCCCCCCCCCCCCCCCCC[N+](C)(C)CC(=O)OCCC. The molecule has 0 N–H and O–H groups in total. The Kier molecular flexibility index (Phi) is 21.2. The van der Waals surface area contributed by atoms with Gasteiger partial charge < -0.3 is 9.22 Å². The highest BCUT2D eigenvalue weighted by atomic mass is 16.5. The van der Waals surface area contributed by atoms with Crippen molar-refractivity contribution in [2.24, 2.45) is 0 Å². The Morgan fingerprint density at radius 3 is 1.30 bits per heavy atom. The number of nitrogens with zero attached hydrogens (tertiary/aromatic N) is 1. The number of rotatable bonds is 23. The van der Waals surface area contributed by atoms with Crippen LogP contribution in [0, 0.1) is 0 Å². The summed E-state index contributed by atoms with van der Waals surface area (Å²) < 4.78 is 5.96. The van der Waals surface area contributed by atoms with E-state index in [9.17, 15) is 4.79 Å². The van der Waals surface area contributed by atoms with Crippen molar-refractivity contribution < 1.29 is 14.0 Å². The van der Waals surface area contributed by atoms with Gasteiger partial charge in [0.2, 0.25) is 0 Å². The highest BCUT2D eigenvalue weighted by molar-refractivity contribution is 5.70. The lowest BCUT2D eigenvalue weighted by Gasteiger charge is -2.28. The first kappa shape index (κ1) is 29.4. The second kappa shape index (κ2) is 21.7. The number of carbonyl (C=O) groups is 1. The Morgan fingerprint density at radius 2 is 0.933 bits per heavy atom. The average Bonchev–Trinajstić information content (AvgIpc) is 2.71. The van der Waals surface area contributed by atoms with E-state index in [2.05, 4.69) is 21.0 Å². The van der Waals surface area contributed by atoms with Crippen molar-refractivity contribution >= 4 is 5.97 Å². The third-order valence-electron chi connectivity index (χ3n) is 6.14. The van der Waals surface area contributed by atoms with Gasteiger partial charge in [-0.25, -0.2) is 4.79 Å². The molecule has 0 rings (SSSR count). The largest absolute Gasteiger partial charge is 0.462 e. The summed E-state index contributed by atoms with van der Waals surface area (Å²) in [5, 5.41) is 0. The molecular weight excluding hydrogens is 370 g/mol. The maximum atomic E-state index is 11.8. The maximum absolute atomic E-state index is 11.8. The van der Waals surface area contributed by atoms with Crippen LogP contribution in [0.4, 0.5) is 0 Å². The van der Waals surface area contributed by atoms with Crippen molar-refractivity contribution in [1.82, 2.24) is 0 Å². The molecule has 0 spiro atoms. The van der Waals surface area contributed by atoms with Crippen LogP contribution in [0.1, 0.15) is 136 Å². The lowest BCUT2D eigenvalue weighted by Crippen LogP contribution is -2.45. The van der Waals surface area contributed by atoms with Crippen LogP contribution in [-0.2, 0) is 9.53 Å². The molecule has 0 atom stereocenters. The summed E-state index contributed by atoms with van der Waals surface area (Å²) in [6.45, 7) is 6.45. The quantitative estimate of drug-likeness (QED) is 0.0938. The van der Waals surface area contributed by atoms with E-state index in [1.54, 1.807) is 0 Å². The molecule has 0 heterocycles. The molecule has 0 aromatic rings. The first-order chi connectivity index (χ1) is 14.5. The van der Waals surface area contributed by atoms with Crippen LogP contribution in [-0.4, -0.2) is 44.2 Å². The third kappa shape index (κ3) is 22.1. The maximum Gasteiger partial charge on any atom is 0.361 e. The summed E-state index contributed by atoms with van der Waals surface area (Å²) >= 11 is 0. The van der Waals surface area contributed by atoms with E-state index < -0.39 is 0 Å². The molecule has 0 radical (unpaired) electrons. The summed E-state index contributed by atoms with van der Waals surface area (Å²) in [5.74, 6) is -0.0516. The van der Waals surface area contributed by atoms with Crippen molar-refractivity contribution in [2.45, 2.75) is 136 Å². The van der Waals surface area contributed by atoms with Gasteiger partial charge in [0, 0.05) is 0 Å². The number of carbonyl (C=O) groups excluding carboxylic acids is 1. The topological polar surface area (TPSA) is 26.3 Å². The third-order valence-corrected chi connectivity index (χ3v) is 6.14. The average molecular weight is 427 g/mol. The van der Waals surface area contributed by atoms with Crippen LogP contribution in [0.5, 0.6) is 0 Å². The molecule has 0 fully saturated rings. The molecule has 180 valence electrons. The minimum atomic E-state index is -0.0516. The van der Waals surface area contributed by atoms with Gasteiger partial charge in [0.05, 0.1) is 27.2 Å². The number of esters is 1. The predicted octanol–water partition coefficient (Wildman–Crippen LogP) is 8.06. The van der Waals surface area contributed by atoms with Gasteiger partial charge in [-0.05, 0) is 19.3 Å². The summed E-state index contributed by atoms with van der Waals surface area (Å²) in [4.78, 5) is 11.8. The molecule has 3 heteroatoms. The van der Waals surface area contributed by atoms with Crippen LogP contribution in [0.3, 0.4) is 0 Å². The summed E-state index contributed by atoms with van der Waals surface area (Å²) in [6.07, 6.45) is 26.3. The van der Waals surface area contributed by atoms with Gasteiger partial charge in [0.15, 0.2) is 6.54 Å². The fraction of sp³-hybridized carbons (Fsp3) is 0.963. The molecular formula is C27H56NO2+. The molecule has 0 unspecified atom stereocenters. The van der Waals surface area contributed by atoms with E-state index in [4.69, 9.17) is 4.74 Å². The molecule has 0 bridgehead atoms. The van der Waals surface area contributed by atoms with Gasteiger partial charge in [-0.3, -0.25) is 0 Å². The lowest BCUT2D eigenvalue weighted by molar-refractivity contribution is -0.883. The number of hydrogen-bond acceptors (Lipinski definition) is 2. The Labute approximate surface area is 189 Å². The molecule has 0 aliphatic carbocycles. The standard InChI is InChI=1S/C27H56NO2/c1-5-7-8-9-10-11-12-13-14-15-16-17-18-19-20-21-22-23-24-28(3,4)26-27(29)30-25-6-2/h5-26H2,1-4H3/q+1. The fourth-order valence-corrected chi connectivity index (χ4v) is 4.13. The molecule has 0 aromatic heterocycles. The van der Waals surface area contributed by atoms with Crippen molar-refractivity contribution in [3.05, 3.63) is 0 Å². The molecule has 0 amide bonds.